The molecule has 0 bridgehead atoms. The molecule has 1 fully saturated rings. The summed E-state index contributed by atoms with van der Waals surface area (Å²) >= 11 is 1.31. The monoisotopic (exact) mass is 360 g/mol. The SMILES string of the molecule is COCc1nc(C)c(C(=O)N2CC(C(=O)O)C(c3ccccc3)C2)s1. The smallest absolute Gasteiger partial charge is 0.308 e. The van der Waals surface area contributed by atoms with Crippen molar-refractivity contribution in [3.8, 4) is 0 Å². The van der Waals surface area contributed by atoms with Crippen molar-refractivity contribution >= 4 is 23.2 Å². The summed E-state index contributed by atoms with van der Waals surface area (Å²) in [6.45, 7) is 2.77. The minimum absolute atomic E-state index is 0.151. The summed E-state index contributed by atoms with van der Waals surface area (Å²) in [7, 11) is 1.58. The van der Waals surface area contributed by atoms with Gasteiger partial charge in [0.05, 0.1) is 18.2 Å². The molecule has 7 heteroatoms. The van der Waals surface area contributed by atoms with Gasteiger partial charge in [0.25, 0.3) is 5.91 Å². The Balaban J connectivity index is 1.84. The molecule has 1 aliphatic rings. The first kappa shape index (κ1) is 17.6. The van der Waals surface area contributed by atoms with Crippen molar-refractivity contribution in [1.29, 1.82) is 0 Å². The van der Waals surface area contributed by atoms with Gasteiger partial charge >= 0.3 is 5.97 Å². The van der Waals surface area contributed by atoms with E-state index < -0.39 is 11.9 Å². The fourth-order valence-corrected chi connectivity index (χ4v) is 4.24. The number of likely N-dealkylation sites (tertiary alicyclic amines) is 1. The Hall–Kier alpha value is -2.25. The molecule has 1 aromatic carbocycles. The number of carboxylic acids is 1. The minimum Gasteiger partial charge on any atom is -0.481 e. The van der Waals surface area contributed by atoms with E-state index in [0.29, 0.717) is 23.7 Å². The van der Waals surface area contributed by atoms with Crippen LogP contribution in [0.4, 0.5) is 0 Å². The largest absolute Gasteiger partial charge is 0.481 e. The fraction of sp³-hybridized carbons (Fsp3) is 0.389. The number of amides is 1. The number of carbonyl (C=O) groups is 2. The lowest BCUT2D eigenvalue weighted by Crippen LogP contribution is -2.29. The Kier molecular flexibility index (Phi) is 5.15. The molecule has 6 nitrogen and oxygen atoms in total. The number of thiazole rings is 1. The second kappa shape index (κ2) is 7.33. The number of hydrogen-bond acceptors (Lipinski definition) is 5. The van der Waals surface area contributed by atoms with Gasteiger partial charge in [0, 0.05) is 26.1 Å². The first-order valence-electron chi connectivity index (χ1n) is 8.03. The number of aliphatic carboxylic acids is 1. The van der Waals surface area contributed by atoms with Gasteiger partial charge in [0.15, 0.2) is 0 Å². The predicted molar refractivity (Wildman–Crippen MR) is 93.8 cm³/mol. The van der Waals surface area contributed by atoms with Crippen molar-refractivity contribution in [3.63, 3.8) is 0 Å². The van der Waals surface area contributed by atoms with Crippen LogP contribution in [0, 0.1) is 12.8 Å². The summed E-state index contributed by atoms with van der Waals surface area (Å²) in [6.07, 6.45) is 0. The summed E-state index contributed by atoms with van der Waals surface area (Å²) in [6, 6.07) is 9.52. The van der Waals surface area contributed by atoms with E-state index in [9.17, 15) is 14.7 Å². The first-order valence-corrected chi connectivity index (χ1v) is 8.85. The number of benzene rings is 1. The highest BCUT2D eigenvalue weighted by Gasteiger charge is 2.41. The zero-order chi connectivity index (χ0) is 18.0. The van der Waals surface area contributed by atoms with Gasteiger partial charge in [-0.05, 0) is 12.5 Å². The number of nitrogens with zero attached hydrogens (tertiary/aromatic N) is 2. The third-order valence-corrected chi connectivity index (χ3v) is 5.57. The number of aromatic nitrogens is 1. The standard InChI is InChI=1S/C18H20N2O4S/c1-11-16(25-15(19-11)10-24-2)17(21)20-8-13(14(9-20)18(22)23)12-6-4-3-5-7-12/h3-7,13-14H,8-10H2,1-2H3,(H,22,23). The van der Waals surface area contributed by atoms with Crippen molar-refractivity contribution in [1.82, 2.24) is 9.88 Å². The van der Waals surface area contributed by atoms with Crippen LogP contribution in [0.5, 0.6) is 0 Å². The van der Waals surface area contributed by atoms with Gasteiger partial charge in [-0.25, -0.2) is 4.98 Å². The second-order valence-corrected chi connectivity index (χ2v) is 7.21. The predicted octanol–water partition coefficient (Wildman–Crippen LogP) is 2.54. The Morgan fingerprint density at radius 1 is 1.32 bits per heavy atom. The highest BCUT2D eigenvalue weighted by atomic mass is 32.1. The van der Waals surface area contributed by atoms with Crippen LogP contribution in [0.1, 0.15) is 31.9 Å². The minimum atomic E-state index is -0.870. The van der Waals surface area contributed by atoms with Gasteiger partial charge < -0.3 is 14.7 Å². The number of carboxylic acid groups (broad SMARTS) is 1. The van der Waals surface area contributed by atoms with E-state index in [4.69, 9.17) is 4.74 Å². The molecule has 2 aromatic rings. The number of ether oxygens (including phenoxy) is 1. The third kappa shape index (κ3) is 3.57. The molecular formula is C18H20N2O4S. The summed E-state index contributed by atoms with van der Waals surface area (Å²) in [5.41, 5.74) is 1.61. The normalized spacial score (nSPS) is 20.0. The Morgan fingerprint density at radius 3 is 2.68 bits per heavy atom. The third-order valence-electron chi connectivity index (χ3n) is 4.45. The lowest BCUT2D eigenvalue weighted by Gasteiger charge is -2.16. The van der Waals surface area contributed by atoms with E-state index in [2.05, 4.69) is 4.98 Å². The topological polar surface area (TPSA) is 79.7 Å². The van der Waals surface area contributed by atoms with Crippen LogP contribution in [0.2, 0.25) is 0 Å². The summed E-state index contributed by atoms with van der Waals surface area (Å²) in [4.78, 5) is 31.1. The average Bonchev–Trinajstić information content (AvgIpc) is 3.19. The Bertz CT molecular complexity index is 775. The molecule has 1 aromatic heterocycles. The second-order valence-electron chi connectivity index (χ2n) is 6.13. The fourth-order valence-electron chi connectivity index (χ4n) is 3.24. The number of hydrogen-bond donors (Lipinski definition) is 1. The molecule has 0 saturated carbocycles. The summed E-state index contributed by atoms with van der Waals surface area (Å²) in [5.74, 6) is -1.82. The van der Waals surface area contributed by atoms with E-state index in [0.717, 1.165) is 10.6 Å². The molecule has 0 aliphatic carbocycles. The first-order chi connectivity index (χ1) is 12.0. The van der Waals surface area contributed by atoms with Crippen molar-refractivity contribution in [2.75, 3.05) is 20.2 Å². The quantitative estimate of drug-likeness (QED) is 0.886. The van der Waals surface area contributed by atoms with E-state index in [-0.39, 0.29) is 18.4 Å². The molecule has 0 radical (unpaired) electrons. The number of methoxy groups -OCH3 is 1. The lowest BCUT2D eigenvalue weighted by molar-refractivity contribution is -0.141. The van der Waals surface area contributed by atoms with Crippen LogP contribution in [0.25, 0.3) is 0 Å². The molecule has 132 valence electrons. The highest BCUT2D eigenvalue weighted by molar-refractivity contribution is 7.13. The molecular weight excluding hydrogens is 340 g/mol. The zero-order valence-corrected chi connectivity index (χ0v) is 15.0. The van der Waals surface area contributed by atoms with Crippen LogP contribution in [0.3, 0.4) is 0 Å². The molecule has 1 aliphatic heterocycles. The van der Waals surface area contributed by atoms with Gasteiger partial charge in [-0.2, -0.15) is 0 Å². The van der Waals surface area contributed by atoms with Crippen molar-refractivity contribution in [2.45, 2.75) is 19.4 Å². The summed E-state index contributed by atoms with van der Waals surface area (Å²) in [5, 5.41) is 10.3. The summed E-state index contributed by atoms with van der Waals surface area (Å²) < 4.78 is 5.07. The van der Waals surface area contributed by atoms with E-state index >= 15 is 0 Å². The van der Waals surface area contributed by atoms with Crippen LogP contribution in [-0.2, 0) is 16.1 Å². The van der Waals surface area contributed by atoms with Crippen LogP contribution >= 0.6 is 11.3 Å². The molecule has 1 amide bonds. The van der Waals surface area contributed by atoms with Gasteiger partial charge in [0.1, 0.15) is 9.88 Å². The van der Waals surface area contributed by atoms with Crippen molar-refractivity contribution < 1.29 is 19.4 Å². The van der Waals surface area contributed by atoms with E-state index in [1.807, 2.05) is 30.3 Å². The van der Waals surface area contributed by atoms with Crippen molar-refractivity contribution in [3.05, 3.63) is 51.5 Å². The lowest BCUT2D eigenvalue weighted by atomic mass is 9.89. The van der Waals surface area contributed by atoms with Gasteiger partial charge in [-0.3, -0.25) is 9.59 Å². The Labute approximate surface area is 150 Å². The van der Waals surface area contributed by atoms with Crippen LogP contribution in [0.15, 0.2) is 30.3 Å². The van der Waals surface area contributed by atoms with Crippen molar-refractivity contribution in [2.24, 2.45) is 5.92 Å². The number of rotatable bonds is 5. The molecule has 1 saturated heterocycles. The molecule has 25 heavy (non-hydrogen) atoms. The number of carbonyl (C=O) groups excluding carboxylic acids is 1. The van der Waals surface area contributed by atoms with E-state index in [1.54, 1.807) is 18.9 Å². The van der Waals surface area contributed by atoms with Gasteiger partial charge in [0.2, 0.25) is 0 Å². The van der Waals surface area contributed by atoms with Gasteiger partial charge in [-0.15, -0.1) is 11.3 Å². The maximum Gasteiger partial charge on any atom is 0.308 e. The molecule has 2 unspecified atom stereocenters. The van der Waals surface area contributed by atoms with Crippen LogP contribution < -0.4 is 0 Å². The number of aryl methyl sites for hydroxylation is 1. The zero-order valence-electron chi connectivity index (χ0n) is 14.1. The molecule has 1 N–H and O–H groups in total. The molecule has 2 heterocycles. The molecule has 3 rings (SSSR count). The van der Waals surface area contributed by atoms with Gasteiger partial charge in [-0.1, -0.05) is 30.3 Å². The molecule has 2 atom stereocenters. The van der Waals surface area contributed by atoms with E-state index in [1.165, 1.54) is 11.3 Å². The maximum atomic E-state index is 12.9. The maximum absolute atomic E-state index is 12.9. The average molecular weight is 360 g/mol. The molecule has 0 spiro atoms. The van der Waals surface area contributed by atoms with Crippen LogP contribution in [-0.4, -0.2) is 47.1 Å². The Morgan fingerprint density at radius 2 is 2.04 bits per heavy atom. The highest BCUT2D eigenvalue weighted by Crippen LogP contribution is 2.34.